The second kappa shape index (κ2) is 9.20. The van der Waals surface area contributed by atoms with Crippen LogP contribution in [0.1, 0.15) is 80.1 Å². The van der Waals surface area contributed by atoms with Gasteiger partial charge in [-0.1, -0.05) is 29.4 Å². The molecule has 1 aliphatic carbocycles. The Morgan fingerprint density at radius 1 is 1.15 bits per heavy atom. The molecule has 4 heteroatoms. The highest BCUT2D eigenvalue weighted by Crippen LogP contribution is 2.41. The first-order valence-electron chi connectivity index (χ1n) is 10.2. The molecule has 1 saturated heterocycles. The molecule has 4 nitrogen and oxygen atoms in total. The number of esters is 1. The number of carbonyl (C=O) groups excluding carboxylic acids is 1. The van der Waals surface area contributed by atoms with E-state index < -0.39 is 11.4 Å². The zero-order chi connectivity index (χ0) is 20.1. The molecule has 2 aliphatic rings. The first-order chi connectivity index (χ1) is 12.6. The molecule has 0 unspecified atom stereocenters. The maximum absolute atomic E-state index is 12.4. The molecule has 1 aliphatic heterocycles. The van der Waals surface area contributed by atoms with Gasteiger partial charge in [-0.05, 0) is 80.1 Å². The molecule has 1 fully saturated rings. The molecule has 0 radical (unpaired) electrons. The molecule has 27 heavy (non-hydrogen) atoms. The first kappa shape index (κ1) is 21.9. The van der Waals surface area contributed by atoms with E-state index in [1.165, 1.54) is 11.1 Å². The van der Waals surface area contributed by atoms with E-state index in [0.29, 0.717) is 25.0 Å². The van der Waals surface area contributed by atoms with Gasteiger partial charge in [-0.2, -0.15) is 0 Å². The average Bonchev–Trinajstić information content (AvgIpc) is 2.81. The Bertz CT molecular complexity index is 626. The van der Waals surface area contributed by atoms with Crippen molar-refractivity contribution < 1.29 is 19.0 Å². The standard InChI is InChI=1S/C23H36O4/c1-7-25-21(24)19-13-11-17(2)9-8-10-18(3)12-14-20-23(6,16-15-19)27-22(4,5)26-20/h10-11,15,20H,7-9,12-14,16H2,1-6H3/b17-11+,18-10+,19-15+/t20-,23+/m0/s1. The van der Waals surface area contributed by atoms with Crippen LogP contribution in [0.2, 0.25) is 0 Å². The van der Waals surface area contributed by atoms with Gasteiger partial charge in [0.05, 0.1) is 18.3 Å². The number of hydrogen-bond donors (Lipinski definition) is 0. The Labute approximate surface area is 164 Å². The lowest BCUT2D eigenvalue weighted by molar-refractivity contribution is -0.159. The van der Waals surface area contributed by atoms with Crippen LogP contribution in [0.5, 0.6) is 0 Å². The zero-order valence-corrected chi connectivity index (χ0v) is 17.9. The maximum Gasteiger partial charge on any atom is 0.333 e. The topological polar surface area (TPSA) is 44.8 Å². The van der Waals surface area contributed by atoms with E-state index in [0.717, 1.165) is 25.7 Å². The highest BCUT2D eigenvalue weighted by Gasteiger charge is 2.49. The molecule has 0 aromatic rings. The second-order valence-corrected chi connectivity index (χ2v) is 8.46. The lowest BCUT2D eigenvalue weighted by atomic mass is 9.89. The number of ether oxygens (including phenoxy) is 3. The van der Waals surface area contributed by atoms with Gasteiger partial charge in [0.25, 0.3) is 0 Å². The van der Waals surface area contributed by atoms with E-state index in [1.807, 2.05) is 26.8 Å². The Kier molecular flexibility index (Phi) is 7.47. The second-order valence-electron chi connectivity index (χ2n) is 8.46. The first-order valence-corrected chi connectivity index (χ1v) is 10.2. The van der Waals surface area contributed by atoms with Gasteiger partial charge in [-0.25, -0.2) is 4.79 Å². The SMILES string of the molecule is CCOC(=O)/C1=C/C[C@@]2(C)OC(C)(C)O[C@H]2CC/C(C)=C/CC/C(C)=C/C1. The molecular weight excluding hydrogens is 340 g/mol. The predicted octanol–water partition coefficient (Wildman–Crippen LogP) is 5.63. The normalized spacial score (nSPS) is 35.5. The molecular formula is C23H36O4. The van der Waals surface area contributed by atoms with E-state index in [1.54, 1.807) is 0 Å². The molecule has 0 aromatic heterocycles. The molecule has 1 heterocycles. The van der Waals surface area contributed by atoms with Crippen molar-refractivity contribution in [2.24, 2.45) is 0 Å². The van der Waals surface area contributed by atoms with Gasteiger partial charge in [0.15, 0.2) is 5.79 Å². The van der Waals surface area contributed by atoms with Crippen molar-refractivity contribution in [2.75, 3.05) is 6.61 Å². The summed E-state index contributed by atoms with van der Waals surface area (Å²) in [4.78, 5) is 12.4. The summed E-state index contributed by atoms with van der Waals surface area (Å²) >= 11 is 0. The Hall–Kier alpha value is -1.39. The smallest absolute Gasteiger partial charge is 0.333 e. The molecule has 0 spiro atoms. The third-order valence-corrected chi connectivity index (χ3v) is 5.38. The zero-order valence-electron chi connectivity index (χ0n) is 17.9. The van der Waals surface area contributed by atoms with Gasteiger partial charge in [-0.15, -0.1) is 0 Å². The maximum atomic E-state index is 12.4. The summed E-state index contributed by atoms with van der Waals surface area (Å²) in [7, 11) is 0. The van der Waals surface area contributed by atoms with E-state index in [9.17, 15) is 4.79 Å². The van der Waals surface area contributed by atoms with Crippen LogP contribution >= 0.6 is 0 Å². The van der Waals surface area contributed by atoms with Crippen LogP contribution < -0.4 is 0 Å². The number of carbonyl (C=O) groups is 1. The average molecular weight is 377 g/mol. The largest absolute Gasteiger partial charge is 0.463 e. The Balaban J connectivity index is 2.33. The Morgan fingerprint density at radius 2 is 1.85 bits per heavy atom. The predicted molar refractivity (Wildman–Crippen MR) is 108 cm³/mol. The molecule has 0 bridgehead atoms. The quantitative estimate of drug-likeness (QED) is 0.462. The minimum absolute atomic E-state index is 0.00392. The van der Waals surface area contributed by atoms with Gasteiger partial charge < -0.3 is 14.2 Å². The fraction of sp³-hybridized carbons (Fsp3) is 0.696. The molecule has 2 rings (SSSR count). The number of allylic oxidation sites excluding steroid dienone is 4. The number of fused-ring (bicyclic) bond motifs is 1. The summed E-state index contributed by atoms with van der Waals surface area (Å²) in [5.74, 6) is -0.845. The summed E-state index contributed by atoms with van der Waals surface area (Å²) in [6.07, 6.45) is 11.6. The van der Waals surface area contributed by atoms with Crippen molar-refractivity contribution in [2.45, 2.75) is 97.6 Å². The fourth-order valence-corrected chi connectivity index (χ4v) is 3.85. The molecule has 2 atom stereocenters. The van der Waals surface area contributed by atoms with E-state index in [4.69, 9.17) is 14.2 Å². The van der Waals surface area contributed by atoms with E-state index in [-0.39, 0.29) is 12.1 Å². The van der Waals surface area contributed by atoms with Crippen LogP contribution in [0.3, 0.4) is 0 Å². The van der Waals surface area contributed by atoms with Crippen molar-refractivity contribution in [1.29, 1.82) is 0 Å². The molecule has 0 aromatic carbocycles. The van der Waals surface area contributed by atoms with Crippen molar-refractivity contribution in [3.63, 3.8) is 0 Å². The third-order valence-electron chi connectivity index (χ3n) is 5.38. The number of hydrogen-bond acceptors (Lipinski definition) is 4. The van der Waals surface area contributed by atoms with E-state index >= 15 is 0 Å². The molecule has 0 N–H and O–H groups in total. The van der Waals surface area contributed by atoms with Crippen molar-refractivity contribution in [3.05, 3.63) is 34.9 Å². The Morgan fingerprint density at radius 3 is 2.56 bits per heavy atom. The highest BCUT2D eigenvalue weighted by atomic mass is 16.8. The van der Waals surface area contributed by atoms with Crippen LogP contribution in [0.25, 0.3) is 0 Å². The lowest BCUT2D eigenvalue weighted by Crippen LogP contribution is -2.36. The summed E-state index contributed by atoms with van der Waals surface area (Å²) in [5, 5.41) is 0. The monoisotopic (exact) mass is 376 g/mol. The van der Waals surface area contributed by atoms with E-state index in [2.05, 4.69) is 32.9 Å². The van der Waals surface area contributed by atoms with Crippen molar-refractivity contribution in [3.8, 4) is 0 Å². The van der Waals surface area contributed by atoms with Crippen LogP contribution in [0, 0.1) is 0 Å². The summed E-state index contributed by atoms with van der Waals surface area (Å²) < 4.78 is 17.8. The fourth-order valence-electron chi connectivity index (χ4n) is 3.85. The van der Waals surface area contributed by atoms with Gasteiger partial charge in [0.2, 0.25) is 0 Å². The molecule has 0 amide bonds. The van der Waals surface area contributed by atoms with Gasteiger partial charge in [-0.3, -0.25) is 0 Å². The minimum Gasteiger partial charge on any atom is -0.463 e. The molecule has 152 valence electrons. The highest BCUT2D eigenvalue weighted by molar-refractivity contribution is 5.88. The van der Waals surface area contributed by atoms with Crippen LogP contribution in [0.15, 0.2) is 34.9 Å². The molecule has 0 saturated carbocycles. The van der Waals surface area contributed by atoms with Crippen LogP contribution in [-0.2, 0) is 19.0 Å². The van der Waals surface area contributed by atoms with Crippen molar-refractivity contribution in [1.82, 2.24) is 0 Å². The van der Waals surface area contributed by atoms with Crippen LogP contribution in [0.4, 0.5) is 0 Å². The van der Waals surface area contributed by atoms with Crippen LogP contribution in [-0.4, -0.2) is 30.1 Å². The van der Waals surface area contributed by atoms with Gasteiger partial charge in [0, 0.05) is 5.57 Å². The lowest BCUT2D eigenvalue weighted by Gasteiger charge is -2.28. The summed E-state index contributed by atoms with van der Waals surface area (Å²) in [6.45, 7) is 12.6. The van der Waals surface area contributed by atoms with Gasteiger partial charge in [0.1, 0.15) is 0 Å². The van der Waals surface area contributed by atoms with Crippen molar-refractivity contribution >= 4 is 5.97 Å². The summed E-state index contributed by atoms with van der Waals surface area (Å²) in [6, 6.07) is 0. The number of rotatable bonds is 2. The van der Waals surface area contributed by atoms with Gasteiger partial charge >= 0.3 is 5.97 Å². The summed E-state index contributed by atoms with van der Waals surface area (Å²) in [5.41, 5.74) is 2.95. The third kappa shape index (κ3) is 6.32. The minimum atomic E-state index is -0.612.